The van der Waals surface area contributed by atoms with Crippen molar-refractivity contribution in [3.05, 3.63) is 69.8 Å². The number of fused-ring (bicyclic) bond motifs is 1. The van der Waals surface area contributed by atoms with Gasteiger partial charge < -0.3 is 9.84 Å². The van der Waals surface area contributed by atoms with Gasteiger partial charge in [0.15, 0.2) is 5.82 Å². The third kappa shape index (κ3) is 3.26. The Morgan fingerprint density at radius 1 is 1.31 bits per heavy atom. The highest BCUT2D eigenvalue weighted by atomic mass is 16.5. The van der Waals surface area contributed by atoms with Crippen molar-refractivity contribution in [3.8, 4) is 11.8 Å². The molecule has 0 aliphatic heterocycles. The van der Waals surface area contributed by atoms with Crippen molar-refractivity contribution in [2.75, 3.05) is 0 Å². The maximum absolute atomic E-state index is 12.5. The molecule has 1 N–H and O–H groups in total. The van der Waals surface area contributed by atoms with Crippen molar-refractivity contribution in [2.24, 2.45) is 0 Å². The van der Waals surface area contributed by atoms with Crippen molar-refractivity contribution >= 4 is 16.9 Å². The van der Waals surface area contributed by atoms with Gasteiger partial charge >= 0.3 is 5.97 Å². The number of hydrogen-bond donors (Lipinski definition) is 1. The number of rotatable bonds is 4. The zero-order valence-corrected chi connectivity index (χ0v) is 14.0. The van der Waals surface area contributed by atoms with Gasteiger partial charge in [-0.2, -0.15) is 5.26 Å². The summed E-state index contributed by atoms with van der Waals surface area (Å²) in [6.07, 6.45) is 0. The Bertz CT molecular complexity index is 1100. The van der Waals surface area contributed by atoms with E-state index in [2.05, 4.69) is 4.98 Å². The molecule has 1 heterocycles. The molecule has 0 bridgehead atoms. The molecule has 3 aromatic rings. The molecule has 3 rings (SSSR count). The molecule has 7 nitrogen and oxygen atoms in total. The van der Waals surface area contributed by atoms with Crippen LogP contribution in [0.5, 0.6) is 5.75 Å². The highest BCUT2D eigenvalue weighted by molar-refractivity contribution is 5.92. The predicted octanol–water partition coefficient (Wildman–Crippen LogP) is 2.29. The molecule has 0 aliphatic carbocycles. The summed E-state index contributed by atoms with van der Waals surface area (Å²) in [4.78, 5) is 29.1. The van der Waals surface area contributed by atoms with E-state index in [0.29, 0.717) is 10.9 Å². The molecule has 0 fully saturated rings. The fourth-order valence-electron chi connectivity index (χ4n) is 2.58. The Balaban J connectivity index is 1.93. The zero-order valence-electron chi connectivity index (χ0n) is 14.0. The first-order chi connectivity index (χ1) is 12.5. The van der Waals surface area contributed by atoms with E-state index in [0.717, 1.165) is 5.56 Å². The summed E-state index contributed by atoms with van der Waals surface area (Å²) >= 11 is 0. The summed E-state index contributed by atoms with van der Waals surface area (Å²) in [7, 11) is 0. The quantitative estimate of drug-likeness (QED) is 0.725. The SMILES string of the molecule is Cc1ccc(C(=O)OCc2nc3ccccc3c(=O)n2CC#N)c(O)c1. The summed E-state index contributed by atoms with van der Waals surface area (Å²) in [5, 5.41) is 19.2. The number of nitriles is 1. The molecule has 0 atom stereocenters. The average Bonchev–Trinajstić information content (AvgIpc) is 2.62. The maximum atomic E-state index is 12.5. The molecular weight excluding hydrogens is 334 g/mol. The van der Waals surface area contributed by atoms with Crippen LogP contribution < -0.4 is 5.56 Å². The molecule has 7 heteroatoms. The normalized spacial score (nSPS) is 10.5. The van der Waals surface area contributed by atoms with Gasteiger partial charge in [-0.3, -0.25) is 9.36 Å². The van der Waals surface area contributed by atoms with E-state index >= 15 is 0 Å². The highest BCUT2D eigenvalue weighted by Crippen LogP contribution is 2.20. The van der Waals surface area contributed by atoms with Gasteiger partial charge in [0.05, 0.1) is 17.0 Å². The van der Waals surface area contributed by atoms with Crippen LogP contribution in [0.4, 0.5) is 0 Å². The number of carbonyl (C=O) groups is 1. The topological polar surface area (TPSA) is 105 Å². The fourth-order valence-corrected chi connectivity index (χ4v) is 2.58. The third-order valence-corrected chi connectivity index (χ3v) is 3.88. The Kier molecular flexibility index (Phi) is 4.67. The highest BCUT2D eigenvalue weighted by Gasteiger charge is 2.16. The minimum absolute atomic E-state index is 0.0190. The van der Waals surface area contributed by atoms with Gasteiger partial charge in [0.2, 0.25) is 0 Å². The van der Waals surface area contributed by atoms with Gasteiger partial charge in [-0.25, -0.2) is 9.78 Å². The average molecular weight is 349 g/mol. The van der Waals surface area contributed by atoms with Crippen molar-refractivity contribution in [2.45, 2.75) is 20.1 Å². The van der Waals surface area contributed by atoms with Gasteiger partial charge in [0.25, 0.3) is 5.56 Å². The number of benzene rings is 2. The Labute approximate surface area is 148 Å². The molecule has 0 saturated carbocycles. The zero-order chi connectivity index (χ0) is 18.7. The molecule has 0 amide bonds. The number of aryl methyl sites for hydroxylation is 1. The number of nitrogens with zero attached hydrogens (tertiary/aromatic N) is 3. The van der Waals surface area contributed by atoms with Crippen LogP contribution in [0.15, 0.2) is 47.3 Å². The van der Waals surface area contributed by atoms with Crippen molar-refractivity contribution in [3.63, 3.8) is 0 Å². The second-order valence-electron chi connectivity index (χ2n) is 5.69. The number of aromatic hydroxyl groups is 1. The van der Waals surface area contributed by atoms with Crippen molar-refractivity contribution in [1.82, 2.24) is 9.55 Å². The van der Waals surface area contributed by atoms with Gasteiger partial charge in [-0.05, 0) is 36.8 Å². The minimum atomic E-state index is -0.742. The van der Waals surface area contributed by atoms with Crippen LogP contribution in [0, 0.1) is 18.3 Å². The molecule has 0 saturated heterocycles. The van der Waals surface area contributed by atoms with Gasteiger partial charge in [0.1, 0.15) is 24.5 Å². The lowest BCUT2D eigenvalue weighted by molar-refractivity contribution is 0.0454. The fraction of sp³-hybridized carbons (Fsp3) is 0.158. The number of aromatic nitrogens is 2. The first kappa shape index (κ1) is 17.2. The largest absolute Gasteiger partial charge is 0.507 e. The Morgan fingerprint density at radius 3 is 2.81 bits per heavy atom. The minimum Gasteiger partial charge on any atom is -0.507 e. The van der Waals surface area contributed by atoms with Gasteiger partial charge in [-0.15, -0.1) is 0 Å². The first-order valence-corrected chi connectivity index (χ1v) is 7.83. The smallest absolute Gasteiger partial charge is 0.342 e. The molecule has 130 valence electrons. The lowest BCUT2D eigenvalue weighted by atomic mass is 10.1. The monoisotopic (exact) mass is 349 g/mol. The van der Waals surface area contributed by atoms with Crippen molar-refractivity contribution < 1.29 is 14.6 Å². The van der Waals surface area contributed by atoms with Crippen LogP contribution in [0.3, 0.4) is 0 Å². The molecular formula is C19H15N3O4. The Hall–Kier alpha value is -3.66. The number of esters is 1. The van der Waals surface area contributed by atoms with E-state index in [9.17, 15) is 14.7 Å². The van der Waals surface area contributed by atoms with Gasteiger partial charge in [0, 0.05) is 0 Å². The van der Waals surface area contributed by atoms with Gasteiger partial charge in [-0.1, -0.05) is 18.2 Å². The van der Waals surface area contributed by atoms with E-state index in [1.54, 1.807) is 37.3 Å². The van der Waals surface area contributed by atoms with E-state index in [4.69, 9.17) is 10.00 Å². The van der Waals surface area contributed by atoms with Crippen LogP contribution in [-0.2, 0) is 17.9 Å². The number of carbonyl (C=O) groups excluding carboxylic acids is 1. The predicted molar refractivity (Wildman–Crippen MR) is 93.6 cm³/mol. The van der Waals surface area contributed by atoms with Crippen LogP contribution in [0.2, 0.25) is 0 Å². The summed E-state index contributed by atoms with van der Waals surface area (Å²) in [5.74, 6) is -0.764. The lowest BCUT2D eigenvalue weighted by Crippen LogP contribution is -2.26. The first-order valence-electron chi connectivity index (χ1n) is 7.83. The van der Waals surface area contributed by atoms with Crippen LogP contribution in [0.25, 0.3) is 10.9 Å². The summed E-state index contributed by atoms with van der Waals surface area (Å²) in [5.41, 5.74) is 0.904. The molecule has 0 unspecified atom stereocenters. The molecule has 0 aliphatic rings. The van der Waals surface area contributed by atoms with E-state index in [-0.39, 0.29) is 35.8 Å². The molecule has 26 heavy (non-hydrogen) atoms. The summed E-state index contributed by atoms with van der Waals surface area (Å²) in [6.45, 7) is 1.28. The molecule has 1 aromatic heterocycles. The summed E-state index contributed by atoms with van der Waals surface area (Å²) in [6, 6.07) is 13.2. The van der Waals surface area contributed by atoms with Crippen LogP contribution in [0.1, 0.15) is 21.7 Å². The number of ether oxygens (including phenoxy) is 1. The second-order valence-corrected chi connectivity index (χ2v) is 5.69. The van der Waals surface area contributed by atoms with Crippen LogP contribution in [-0.4, -0.2) is 20.6 Å². The van der Waals surface area contributed by atoms with E-state index < -0.39 is 5.97 Å². The van der Waals surface area contributed by atoms with E-state index in [1.165, 1.54) is 16.7 Å². The standard InChI is InChI=1S/C19H15N3O4/c1-12-6-7-14(16(23)10-12)19(25)26-11-17-21-15-5-3-2-4-13(15)18(24)22(17)9-8-20/h2-7,10,23H,9,11H2,1H3. The number of para-hydroxylation sites is 1. The summed E-state index contributed by atoms with van der Waals surface area (Å²) < 4.78 is 6.37. The number of phenolic OH excluding ortho intramolecular Hbond substituents is 1. The maximum Gasteiger partial charge on any atom is 0.342 e. The van der Waals surface area contributed by atoms with Crippen LogP contribution >= 0.6 is 0 Å². The Morgan fingerprint density at radius 2 is 2.08 bits per heavy atom. The number of phenols is 1. The second kappa shape index (κ2) is 7.07. The third-order valence-electron chi connectivity index (χ3n) is 3.88. The molecule has 0 spiro atoms. The number of hydrogen-bond acceptors (Lipinski definition) is 6. The molecule has 0 radical (unpaired) electrons. The lowest BCUT2D eigenvalue weighted by Gasteiger charge is -2.12. The van der Waals surface area contributed by atoms with Crippen molar-refractivity contribution in [1.29, 1.82) is 5.26 Å². The molecule has 2 aromatic carbocycles. The van der Waals surface area contributed by atoms with E-state index in [1.807, 2.05) is 6.07 Å².